The first kappa shape index (κ1) is 19.4. The maximum absolute atomic E-state index is 13.4. The van der Waals surface area contributed by atoms with Gasteiger partial charge in [0.05, 0.1) is 5.60 Å². The smallest absolute Gasteiger partial charge is 0.273 e. The highest BCUT2D eigenvalue weighted by molar-refractivity contribution is 7.13. The number of pyridine rings is 1. The number of nitrogens with zero attached hydrogens (tertiary/aromatic N) is 3. The number of aliphatic hydroxyl groups is 1. The van der Waals surface area contributed by atoms with Crippen LogP contribution in [0.25, 0.3) is 10.6 Å². The first-order valence-electron chi connectivity index (χ1n) is 10.6. The van der Waals surface area contributed by atoms with Gasteiger partial charge in [-0.1, -0.05) is 43.2 Å². The largest absolute Gasteiger partial charge is 0.385 e. The zero-order valence-corrected chi connectivity index (χ0v) is 17.6. The van der Waals surface area contributed by atoms with E-state index in [1.54, 1.807) is 12.4 Å². The molecule has 3 heterocycles. The molecule has 1 N–H and O–H groups in total. The topological polar surface area (TPSA) is 66.3 Å². The van der Waals surface area contributed by atoms with Crippen LogP contribution >= 0.6 is 11.3 Å². The van der Waals surface area contributed by atoms with E-state index in [9.17, 15) is 9.90 Å². The standard InChI is InChI=1S/C24H25N3O2S/c28-23(20-16-30-22(26-20)17-7-6-13-25-15-17)27-14-12-24(29,18-8-2-1-3-9-18)19-10-4-5-11-21(19)27/h1-3,6-9,13,15-16,19,21,29H,4-5,10-12,14H2/t19-,21+,24?/m0/s1. The molecule has 154 valence electrons. The molecule has 1 saturated carbocycles. The van der Waals surface area contributed by atoms with Crippen molar-refractivity contribution >= 4 is 17.2 Å². The van der Waals surface area contributed by atoms with Crippen LogP contribution in [0.5, 0.6) is 0 Å². The number of carbonyl (C=O) groups excluding carboxylic acids is 1. The summed E-state index contributed by atoms with van der Waals surface area (Å²) in [5, 5.41) is 14.4. The lowest BCUT2D eigenvalue weighted by atomic mass is 9.66. The lowest BCUT2D eigenvalue weighted by Crippen LogP contribution is -2.59. The Kier molecular flexibility index (Phi) is 5.13. The second-order valence-corrected chi connectivity index (χ2v) is 9.13. The van der Waals surface area contributed by atoms with Gasteiger partial charge in [0.25, 0.3) is 5.91 Å². The summed E-state index contributed by atoms with van der Waals surface area (Å²) in [7, 11) is 0. The van der Waals surface area contributed by atoms with Crippen molar-refractivity contribution in [2.24, 2.45) is 5.92 Å². The van der Waals surface area contributed by atoms with E-state index in [1.807, 2.05) is 52.7 Å². The van der Waals surface area contributed by atoms with Crippen LogP contribution in [0.2, 0.25) is 0 Å². The highest BCUT2D eigenvalue weighted by Crippen LogP contribution is 2.47. The Morgan fingerprint density at radius 1 is 1.13 bits per heavy atom. The van der Waals surface area contributed by atoms with Crippen LogP contribution in [0.15, 0.2) is 60.2 Å². The molecular weight excluding hydrogens is 394 g/mol. The van der Waals surface area contributed by atoms with E-state index in [2.05, 4.69) is 9.97 Å². The predicted molar refractivity (Wildman–Crippen MR) is 117 cm³/mol. The van der Waals surface area contributed by atoms with Crippen LogP contribution in [0.4, 0.5) is 0 Å². The highest BCUT2D eigenvalue weighted by Gasteiger charge is 2.50. The van der Waals surface area contributed by atoms with Crippen molar-refractivity contribution in [1.82, 2.24) is 14.9 Å². The normalized spacial score (nSPS) is 26.2. The maximum Gasteiger partial charge on any atom is 0.273 e. The van der Waals surface area contributed by atoms with Crippen molar-refractivity contribution in [3.8, 4) is 10.6 Å². The Morgan fingerprint density at radius 2 is 1.97 bits per heavy atom. The zero-order valence-electron chi connectivity index (χ0n) is 16.8. The molecule has 1 aromatic carbocycles. The van der Waals surface area contributed by atoms with E-state index in [0.29, 0.717) is 18.7 Å². The molecule has 0 bridgehead atoms. The molecule has 1 saturated heterocycles. The number of carbonyl (C=O) groups is 1. The van der Waals surface area contributed by atoms with E-state index in [0.717, 1.165) is 41.8 Å². The molecule has 6 heteroatoms. The van der Waals surface area contributed by atoms with E-state index in [1.165, 1.54) is 11.3 Å². The number of hydrogen-bond donors (Lipinski definition) is 1. The minimum atomic E-state index is -0.869. The number of likely N-dealkylation sites (tertiary alicyclic amines) is 1. The molecule has 3 aromatic rings. The molecule has 0 spiro atoms. The number of hydrogen-bond acceptors (Lipinski definition) is 5. The van der Waals surface area contributed by atoms with E-state index >= 15 is 0 Å². The molecule has 3 atom stereocenters. The summed E-state index contributed by atoms with van der Waals surface area (Å²) in [5.41, 5.74) is 1.52. The maximum atomic E-state index is 13.4. The molecule has 1 aliphatic heterocycles. The highest BCUT2D eigenvalue weighted by atomic mass is 32.1. The fraction of sp³-hybridized carbons (Fsp3) is 0.375. The van der Waals surface area contributed by atoms with Crippen LogP contribution in [0, 0.1) is 5.92 Å². The number of aromatic nitrogens is 2. The molecule has 0 radical (unpaired) electrons. The van der Waals surface area contributed by atoms with Gasteiger partial charge >= 0.3 is 0 Å². The summed E-state index contributed by atoms with van der Waals surface area (Å²) in [5.74, 6) is 0.0381. The average molecular weight is 420 g/mol. The van der Waals surface area contributed by atoms with E-state index < -0.39 is 5.60 Å². The molecule has 2 fully saturated rings. The number of thiazole rings is 1. The van der Waals surface area contributed by atoms with Gasteiger partial charge in [-0.3, -0.25) is 9.78 Å². The third-order valence-electron chi connectivity index (χ3n) is 6.64. The van der Waals surface area contributed by atoms with Gasteiger partial charge < -0.3 is 10.0 Å². The van der Waals surface area contributed by atoms with Gasteiger partial charge in [0, 0.05) is 41.8 Å². The van der Waals surface area contributed by atoms with Gasteiger partial charge in [0.2, 0.25) is 0 Å². The lowest BCUT2D eigenvalue weighted by Gasteiger charge is -2.52. The SMILES string of the molecule is O=C(c1csc(-c2cccnc2)n1)N1CCC(O)(c2ccccc2)[C@H]2CCCC[C@H]21. The fourth-order valence-electron chi connectivity index (χ4n) is 5.16. The minimum Gasteiger partial charge on any atom is -0.385 e. The summed E-state index contributed by atoms with van der Waals surface area (Å²) >= 11 is 1.47. The predicted octanol–water partition coefficient (Wildman–Crippen LogP) is 4.50. The molecular formula is C24H25N3O2S. The Bertz CT molecular complexity index is 1020. The number of fused-ring (bicyclic) bond motifs is 1. The molecule has 1 unspecified atom stereocenters. The van der Waals surface area contributed by atoms with Crippen LogP contribution in [-0.4, -0.2) is 38.5 Å². The molecule has 2 aromatic heterocycles. The van der Waals surface area contributed by atoms with Gasteiger partial charge in [-0.2, -0.15) is 0 Å². The summed E-state index contributed by atoms with van der Waals surface area (Å²) in [6, 6.07) is 13.9. The molecule has 5 rings (SSSR count). The Hall–Kier alpha value is -2.57. The van der Waals surface area contributed by atoms with E-state index in [-0.39, 0.29) is 17.9 Å². The molecule has 30 heavy (non-hydrogen) atoms. The van der Waals surface area contributed by atoms with E-state index in [4.69, 9.17) is 0 Å². The molecule has 2 aliphatic rings. The number of benzene rings is 1. The zero-order chi connectivity index (χ0) is 20.6. The average Bonchev–Trinajstić information content (AvgIpc) is 3.31. The van der Waals surface area contributed by atoms with Gasteiger partial charge in [0.1, 0.15) is 10.7 Å². The Balaban J connectivity index is 1.42. The molecule has 1 aliphatic carbocycles. The van der Waals surface area contributed by atoms with Crippen molar-refractivity contribution in [2.75, 3.05) is 6.54 Å². The minimum absolute atomic E-state index is 0.0200. The van der Waals surface area contributed by atoms with Gasteiger partial charge in [-0.05, 0) is 37.0 Å². The van der Waals surface area contributed by atoms with Gasteiger partial charge in [-0.25, -0.2) is 4.98 Å². The van der Waals surface area contributed by atoms with Crippen LogP contribution in [0.3, 0.4) is 0 Å². The number of amides is 1. The quantitative estimate of drug-likeness (QED) is 0.679. The van der Waals surface area contributed by atoms with Gasteiger partial charge in [0.15, 0.2) is 0 Å². The number of rotatable bonds is 3. The first-order chi connectivity index (χ1) is 14.7. The lowest BCUT2D eigenvalue weighted by molar-refractivity contribution is -0.110. The summed E-state index contributed by atoms with van der Waals surface area (Å²) in [6.07, 6.45) is 8.12. The third kappa shape index (κ3) is 3.34. The van der Waals surface area contributed by atoms with Crippen molar-refractivity contribution in [2.45, 2.75) is 43.7 Å². The fourth-order valence-corrected chi connectivity index (χ4v) is 5.95. The van der Waals surface area contributed by atoms with Crippen molar-refractivity contribution in [3.63, 3.8) is 0 Å². The van der Waals surface area contributed by atoms with Crippen molar-refractivity contribution in [1.29, 1.82) is 0 Å². The monoisotopic (exact) mass is 419 g/mol. The van der Waals surface area contributed by atoms with Crippen LogP contribution < -0.4 is 0 Å². The Morgan fingerprint density at radius 3 is 2.77 bits per heavy atom. The summed E-state index contributed by atoms with van der Waals surface area (Å²) in [6.45, 7) is 0.547. The molecule has 5 nitrogen and oxygen atoms in total. The van der Waals surface area contributed by atoms with Crippen LogP contribution in [-0.2, 0) is 5.60 Å². The summed E-state index contributed by atoms with van der Waals surface area (Å²) in [4.78, 5) is 24.2. The first-order valence-corrected chi connectivity index (χ1v) is 11.5. The third-order valence-corrected chi connectivity index (χ3v) is 7.53. The summed E-state index contributed by atoms with van der Waals surface area (Å²) < 4.78 is 0. The van der Waals surface area contributed by atoms with Crippen molar-refractivity contribution < 1.29 is 9.90 Å². The second kappa shape index (κ2) is 7.93. The Labute approximate surface area is 180 Å². The van der Waals surface area contributed by atoms with Crippen molar-refractivity contribution in [3.05, 3.63) is 71.5 Å². The number of piperidine rings is 1. The van der Waals surface area contributed by atoms with Crippen LogP contribution in [0.1, 0.15) is 48.2 Å². The molecule has 1 amide bonds. The van der Waals surface area contributed by atoms with Gasteiger partial charge in [-0.15, -0.1) is 11.3 Å². The second-order valence-electron chi connectivity index (χ2n) is 8.28.